The van der Waals surface area contributed by atoms with Gasteiger partial charge in [-0.05, 0) is 51.1 Å². The Balaban J connectivity index is 1.88. The zero-order valence-electron chi connectivity index (χ0n) is 16.6. The Bertz CT molecular complexity index is 950. The summed E-state index contributed by atoms with van der Waals surface area (Å²) in [5.74, 6) is -1.49. The standard InChI is InChI=1S/C20H21N3O7/c1-20(2,3)30-19(26)21-14-10-8-13(9-11-14)18(25)29-12-17(24)22-15-6-4-5-7-16(15)23(27)28/h4-11H,12H2,1-3H3,(H,21,26)(H,22,24). The van der Waals surface area contributed by atoms with E-state index in [1.165, 1.54) is 48.5 Å². The van der Waals surface area contributed by atoms with Gasteiger partial charge < -0.3 is 14.8 Å². The van der Waals surface area contributed by atoms with Crippen LogP contribution in [0.15, 0.2) is 48.5 Å². The molecular formula is C20H21N3O7. The number of nitrogens with one attached hydrogen (secondary N) is 2. The molecule has 0 aromatic heterocycles. The van der Waals surface area contributed by atoms with Crippen LogP contribution in [-0.4, -0.2) is 35.1 Å². The lowest BCUT2D eigenvalue weighted by atomic mass is 10.2. The lowest BCUT2D eigenvalue weighted by molar-refractivity contribution is -0.383. The minimum Gasteiger partial charge on any atom is -0.452 e. The molecule has 0 radical (unpaired) electrons. The maximum Gasteiger partial charge on any atom is 0.412 e. The first-order valence-electron chi connectivity index (χ1n) is 8.85. The lowest BCUT2D eigenvalue weighted by Crippen LogP contribution is -2.27. The number of rotatable bonds is 6. The molecule has 2 rings (SSSR count). The fraction of sp³-hybridized carbons (Fsp3) is 0.250. The second kappa shape index (κ2) is 9.50. The highest BCUT2D eigenvalue weighted by Crippen LogP contribution is 2.23. The second-order valence-corrected chi connectivity index (χ2v) is 7.10. The van der Waals surface area contributed by atoms with Gasteiger partial charge in [0.05, 0.1) is 10.5 Å². The highest BCUT2D eigenvalue weighted by atomic mass is 16.6. The van der Waals surface area contributed by atoms with Crippen molar-refractivity contribution in [1.82, 2.24) is 0 Å². The van der Waals surface area contributed by atoms with Gasteiger partial charge in [-0.25, -0.2) is 9.59 Å². The van der Waals surface area contributed by atoms with Gasteiger partial charge in [-0.3, -0.25) is 20.2 Å². The Morgan fingerprint density at radius 3 is 2.23 bits per heavy atom. The van der Waals surface area contributed by atoms with Crippen LogP contribution in [0.4, 0.5) is 21.9 Å². The van der Waals surface area contributed by atoms with Gasteiger partial charge >= 0.3 is 12.1 Å². The van der Waals surface area contributed by atoms with Crippen LogP contribution >= 0.6 is 0 Å². The molecule has 2 aromatic rings. The van der Waals surface area contributed by atoms with Crippen LogP contribution in [0, 0.1) is 10.1 Å². The number of amides is 2. The number of nitro benzene ring substituents is 1. The molecule has 0 saturated heterocycles. The molecule has 0 atom stereocenters. The number of esters is 1. The highest BCUT2D eigenvalue weighted by molar-refractivity contribution is 5.97. The predicted octanol–water partition coefficient (Wildman–Crippen LogP) is 3.74. The number of carbonyl (C=O) groups excluding carboxylic acids is 3. The van der Waals surface area contributed by atoms with E-state index in [0.717, 1.165) is 0 Å². The molecule has 30 heavy (non-hydrogen) atoms. The Kier molecular flexibility index (Phi) is 7.08. The fourth-order valence-electron chi connectivity index (χ4n) is 2.25. The van der Waals surface area contributed by atoms with Gasteiger partial charge in [-0.15, -0.1) is 0 Å². The number of hydrogen-bond acceptors (Lipinski definition) is 7. The van der Waals surface area contributed by atoms with E-state index in [9.17, 15) is 24.5 Å². The summed E-state index contributed by atoms with van der Waals surface area (Å²) in [6.45, 7) is 4.58. The minimum atomic E-state index is -0.767. The van der Waals surface area contributed by atoms with Gasteiger partial charge in [0, 0.05) is 11.8 Å². The average molecular weight is 415 g/mol. The van der Waals surface area contributed by atoms with Crippen LogP contribution < -0.4 is 10.6 Å². The average Bonchev–Trinajstić information content (AvgIpc) is 2.65. The monoisotopic (exact) mass is 415 g/mol. The third-order valence-corrected chi connectivity index (χ3v) is 3.48. The van der Waals surface area contributed by atoms with Crippen molar-refractivity contribution in [2.24, 2.45) is 0 Å². The number of nitro groups is 1. The van der Waals surface area contributed by atoms with Crippen LogP contribution in [0.5, 0.6) is 0 Å². The van der Waals surface area contributed by atoms with Gasteiger partial charge in [-0.1, -0.05) is 12.1 Å². The molecule has 0 fully saturated rings. The van der Waals surface area contributed by atoms with Crippen molar-refractivity contribution in [2.75, 3.05) is 17.2 Å². The van der Waals surface area contributed by atoms with Crippen LogP contribution in [-0.2, 0) is 14.3 Å². The van der Waals surface area contributed by atoms with Crippen LogP contribution in [0.3, 0.4) is 0 Å². The third kappa shape index (κ3) is 6.89. The van der Waals surface area contributed by atoms with Crippen LogP contribution in [0.25, 0.3) is 0 Å². The molecule has 0 heterocycles. The summed E-state index contributed by atoms with van der Waals surface area (Å²) in [5, 5.41) is 15.8. The van der Waals surface area contributed by atoms with Gasteiger partial charge in [0.15, 0.2) is 6.61 Å². The Hall–Kier alpha value is -3.95. The molecular weight excluding hydrogens is 394 g/mol. The number of anilines is 2. The molecule has 0 spiro atoms. The molecule has 0 aliphatic heterocycles. The third-order valence-electron chi connectivity index (χ3n) is 3.48. The lowest BCUT2D eigenvalue weighted by Gasteiger charge is -2.19. The molecule has 0 aliphatic rings. The first-order valence-corrected chi connectivity index (χ1v) is 8.85. The number of para-hydroxylation sites is 2. The van der Waals surface area contributed by atoms with Crippen molar-refractivity contribution >= 4 is 35.0 Å². The number of ether oxygens (including phenoxy) is 2. The maximum absolute atomic E-state index is 12.1. The molecule has 0 bridgehead atoms. The molecule has 158 valence electrons. The second-order valence-electron chi connectivity index (χ2n) is 7.10. The molecule has 0 aliphatic carbocycles. The minimum absolute atomic E-state index is 0.00104. The van der Waals surface area contributed by atoms with E-state index in [2.05, 4.69) is 10.6 Å². The number of hydrogen-bond donors (Lipinski definition) is 2. The van der Waals surface area contributed by atoms with E-state index in [-0.39, 0.29) is 16.9 Å². The highest BCUT2D eigenvalue weighted by Gasteiger charge is 2.18. The maximum atomic E-state index is 12.1. The smallest absolute Gasteiger partial charge is 0.412 e. The van der Waals surface area contributed by atoms with Crippen molar-refractivity contribution < 1.29 is 28.8 Å². The Morgan fingerprint density at radius 1 is 1.00 bits per heavy atom. The summed E-state index contributed by atoms with van der Waals surface area (Å²) in [5.41, 5.74) is -0.348. The molecule has 2 N–H and O–H groups in total. The Labute approximate surface area is 172 Å². The van der Waals surface area contributed by atoms with E-state index in [4.69, 9.17) is 9.47 Å². The quantitative estimate of drug-likeness (QED) is 0.416. The summed E-state index contributed by atoms with van der Waals surface area (Å²) < 4.78 is 10.0. The molecule has 2 amide bonds. The SMILES string of the molecule is CC(C)(C)OC(=O)Nc1ccc(C(=O)OCC(=O)Nc2ccccc2[N+](=O)[O-])cc1. The summed E-state index contributed by atoms with van der Waals surface area (Å²) >= 11 is 0. The zero-order chi connectivity index (χ0) is 22.3. The van der Waals surface area contributed by atoms with Gasteiger partial charge in [0.1, 0.15) is 11.3 Å². The van der Waals surface area contributed by atoms with Crippen molar-refractivity contribution in [3.05, 3.63) is 64.2 Å². The first-order chi connectivity index (χ1) is 14.0. The van der Waals surface area contributed by atoms with E-state index < -0.39 is 35.1 Å². The number of carbonyl (C=O) groups is 3. The predicted molar refractivity (Wildman–Crippen MR) is 108 cm³/mol. The van der Waals surface area contributed by atoms with Gasteiger partial charge in [0.25, 0.3) is 11.6 Å². The van der Waals surface area contributed by atoms with E-state index in [1.54, 1.807) is 20.8 Å². The summed E-state index contributed by atoms with van der Waals surface area (Å²) in [6, 6.07) is 11.4. The van der Waals surface area contributed by atoms with Crippen molar-refractivity contribution in [3.8, 4) is 0 Å². The molecule has 10 heteroatoms. The molecule has 0 unspecified atom stereocenters. The van der Waals surface area contributed by atoms with E-state index in [1.807, 2.05) is 0 Å². The van der Waals surface area contributed by atoms with Gasteiger partial charge in [0.2, 0.25) is 0 Å². The van der Waals surface area contributed by atoms with E-state index >= 15 is 0 Å². The van der Waals surface area contributed by atoms with E-state index in [0.29, 0.717) is 5.69 Å². The number of nitrogens with zero attached hydrogens (tertiary/aromatic N) is 1. The van der Waals surface area contributed by atoms with Gasteiger partial charge in [-0.2, -0.15) is 0 Å². The fourth-order valence-corrected chi connectivity index (χ4v) is 2.25. The molecule has 0 saturated carbocycles. The largest absolute Gasteiger partial charge is 0.452 e. The van der Waals surface area contributed by atoms with Crippen molar-refractivity contribution in [3.63, 3.8) is 0 Å². The zero-order valence-corrected chi connectivity index (χ0v) is 16.6. The van der Waals surface area contributed by atoms with Crippen molar-refractivity contribution in [2.45, 2.75) is 26.4 Å². The summed E-state index contributed by atoms with van der Waals surface area (Å²) in [7, 11) is 0. The Morgan fingerprint density at radius 2 is 1.63 bits per heavy atom. The summed E-state index contributed by atoms with van der Waals surface area (Å²) in [4.78, 5) is 46.1. The van der Waals surface area contributed by atoms with Crippen LogP contribution in [0.1, 0.15) is 31.1 Å². The molecule has 10 nitrogen and oxygen atoms in total. The topological polar surface area (TPSA) is 137 Å². The summed E-state index contributed by atoms with van der Waals surface area (Å²) in [6.07, 6.45) is -0.635. The normalized spacial score (nSPS) is 10.6. The van der Waals surface area contributed by atoms with Crippen LogP contribution in [0.2, 0.25) is 0 Å². The van der Waals surface area contributed by atoms with Crippen molar-refractivity contribution in [1.29, 1.82) is 0 Å². The number of benzene rings is 2. The first kappa shape index (κ1) is 22.3. The molecule has 2 aromatic carbocycles.